The normalized spacial score (nSPS) is 12.4. The number of benzene rings is 2. The quantitative estimate of drug-likeness (QED) is 0.737. The van der Waals surface area contributed by atoms with E-state index in [9.17, 15) is 0 Å². The summed E-state index contributed by atoms with van der Waals surface area (Å²) < 4.78 is 16.5. The minimum absolute atomic E-state index is 0.279. The summed E-state index contributed by atoms with van der Waals surface area (Å²) in [4.78, 5) is 0. The molecule has 0 saturated heterocycles. The van der Waals surface area contributed by atoms with Crippen molar-refractivity contribution in [2.24, 2.45) is 0 Å². The van der Waals surface area contributed by atoms with Crippen molar-refractivity contribution < 1.29 is 13.9 Å². The molecule has 0 atom stereocenters. The first-order chi connectivity index (χ1) is 11.3. The van der Waals surface area contributed by atoms with Crippen molar-refractivity contribution in [3.63, 3.8) is 0 Å². The molecule has 5 heteroatoms. The van der Waals surface area contributed by atoms with E-state index in [-0.39, 0.29) is 6.79 Å². The average molecular weight is 328 g/mol. The van der Waals surface area contributed by atoms with E-state index in [1.807, 2.05) is 54.6 Å². The Balaban J connectivity index is 1.44. The second-order valence-electron chi connectivity index (χ2n) is 5.19. The molecule has 4 rings (SSSR count). The van der Waals surface area contributed by atoms with Crippen molar-refractivity contribution in [3.8, 4) is 22.8 Å². The average Bonchev–Trinajstić information content (AvgIpc) is 3.22. The monoisotopic (exact) mass is 327 g/mol. The summed E-state index contributed by atoms with van der Waals surface area (Å²) in [6.45, 7) is 0.870. The second-order valence-corrected chi connectivity index (χ2v) is 5.63. The van der Waals surface area contributed by atoms with E-state index >= 15 is 0 Å². The summed E-state index contributed by atoms with van der Waals surface area (Å²) in [6, 6.07) is 17.3. The van der Waals surface area contributed by atoms with E-state index in [2.05, 4.69) is 5.32 Å². The third kappa shape index (κ3) is 2.98. The van der Waals surface area contributed by atoms with Gasteiger partial charge < -0.3 is 19.2 Å². The van der Waals surface area contributed by atoms with Crippen LogP contribution in [0, 0.1) is 0 Å². The van der Waals surface area contributed by atoms with Crippen molar-refractivity contribution >= 4 is 17.3 Å². The van der Waals surface area contributed by atoms with E-state index in [4.69, 9.17) is 25.5 Å². The predicted octanol–water partition coefficient (Wildman–Crippen LogP) is 4.94. The molecule has 23 heavy (non-hydrogen) atoms. The second kappa shape index (κ2) is 5.89. The molecule has 1 aliphatic rings. The number of halogens is 1. The first-order valence-electron chi connectivity index (χ1n) is 7.26. The summed E-state index contributed by atoms with van der Waals surface area (Å²) in [7, 11) is 0. The van der Waals surface area contributed by atoms with Gasteiger partial charge in [0.15, 0.2) is 11.5 Å². The molecule has 0 unspecified atom stereocenters. The van der Waals surface area contributed by atoms with Gasteiger partial charge in [-0.05, 0) is 48.5 Å². The van der Waals surface area contributed by atoms with Crippen molar-refractivity contribution in [1.29, 1.82) is 0 Å². The van der Waals surface area contributed by atoms with Crippen LogP contribution in [0.15, 0.2) is 59.0 Å². The highest BCUT2D eigenvalue weighted by Crippen LogP contribution is 2.34. The van der Waals surface area contributed by atoms with E-state index in [0.717, 1.165) is 34.3 Å². The van der Waals surface area contributed by atoms with Gasteiger partial charge in [-0.3, -0.25) is 0 Å². The molecular weight excluding hydrogens is 314 g/mol. The molecule has 116 valence electrons. The fourth-order valence-electron chi connectivity index (χ4n) is 2.44. The van der Waals surface area contributed by atoms with Crippen LogP contribution in [0.3, 0.4) is 0 Å². The van der Waals surface area contributed by atoms with Crippen LogP contribution in [0.4, 0.5) is 5.69 Å². The minimum atomic E-state index is 0.279. The van der Waals surface area contributed by atoms with Gasteiger partial charge in [0.25, 0.3) is 0 Å². The van der Waals surface area contributed by atoms with Crippen LogP contribution >= 0.6 is 11.6 Å². The standard InChI is InChI=1S/C18H14ClNO3/c19-13-3-1-12(2-4-13)16-8-6-15(23-16)10-20-14-5-7-17-18(9-14)22-11-21-17/h1-9,20H,10-11H2. The summed E-state index contributed by atoms with van der Waals surface area (Å²) in [6.07, 6.45) is 0. The van der Waals surface area contributed by atoms with Gasteiger partial charge in [-0.2, -0.15) is 0 Å². The Kier molecular flexibility index (Phi) is 3.60. The molecule has 1 N–H and O–H groups in total. The van der Waals surface area contributed by atoms with Crippen LogP contribution in [0.25, 0.3) is 11.3 Å². The Morgan fingerprint density at radius 1 is 0.913 bits per heavy atom. The predicted molar refractivity (Wildman–Crippen MR) is 89.0 cm³/mol. The summed E-state index contributed by atoms with van der Waals surface area (Å²) in [5.41, 5.74) is 1.96. The molecule has 0 bridgehead atoms. The maximum Gasteiger partial charge on any atom is 0.231 e. The van der Waals surface area contributed by atoms with Crippen LogP contribution in [-0.4, -0.2) is 6.79 Å². The number of rotatable bonds is 4. The minimum Gasteiger partial charge on any atom is -0.459 e. The molecule has 4 nitrogen and oxygen atoms in total. The van der Waals surface area contributed by atoms with Gasteiger partial charge in [-0.1, -0.05) is 11.6 Å². The Labute approximate surface area is 138 Å². The Hall–Kier alpha value is -2.59. The SMILES string of the molecule is Clc1ccc(-c2ccc(CNc3ccc4c(c3)OCO4)o2)cc1. The largest absolute Gasteiger partial charge is 0.459 e. The lowest BCUT2D eigenvalue weighted by molar-refractivity contribution is 0.174. The third-order valence-electron chi connectivity index (χ3n) is 3.63. The van der Waals surface area contributed by atoms with Gasteiger partial charge in [0.05, 0.1) is 6.54 Å². The molecule has 2 aromatic carbocycles. The highest BCUT2D eigenvalue weighted by Gasteiger charge is 2.13. The lowest BCUT2D eigenvalue weighted by Gasteiger charge is -2.05. The lowest BCUT2D eigenvalue weighted by Crippen LogP contribution is -1.97. The van der Waals surface area contributed by atoms with Gasteiger partial charge in [0.2, 0.25) is 6.79 Å². The molecule has 0 aliphatic carbocycles. The smallest absolute Gasteiger partial charge is 0.231 e. The number of furan rings is 1. The van der Waals surface area contributed by atoms with E-state index in [0.29, 0.717) is 11.6 Å². The molecule has 0 saturated carbocycles. The van der Waals surface area contributed by atoms with Crippen LogP contribution in [0.2, 0.25) is 5.02 Å². The fraction of sp³-hybridized carbons (Fsp3) is 0.111. The number of fused-ring (bicyclic) bond motifs is 1. The number of ether oxygens (including phenoxy) is 2. The number of anilines is 1. The zero-order valence-electron chi connectivity index (χ0n) is 12.2. The van der Waals surface area contributed by atoms with E-state index < -0.39 is 0 Å². The highest BCUT2D eigenvalue weighted by molar-refractivity contribution is 6.30. The van der Waals surface area contributed by atoms with Crippen LogP contribution in [0.5, 0.6) is 11.5 Å². The Morgan fingerprint density at radius 3 is 2.61 bits per heavy atom. The zero-order valence-corrected chi connectivity index (χ0v) is 13.0. The van der Waals surface area contributed by atoms with Gasteiger partial charge in [0, 0.05) is 22.3 Å². The molecule has 0 spiro atoms. The number of hydrogen-bond acceptors (Lipinski definition) is 4. The summed E-state index contributed by atoms with van der Waals surface area (Å²) in [5.74, 6) is 3.21. The summed E-state index contributed by atoms with van der Waals surface area (Å²) in [5, 5.41) is 4.03. The molecular formula is C18H14ClNO3. The van der Waals surface area contributed by atoms with Gasteiger partial charge in [-0.25, -0.2) is 0 Å². The molecule has 0 fully saturated rings. The number of hydrogen-bond donors (Lipinski definition) is 1. The van der Waals surface area contributed by atoms with E-state index in [1.54, 1.807) is 0 Å². The van der Waals surface area contributed by atoms with E-state index in [1.165, 1.54) is 0 Å². The van der Waals surface area contributed by atoms with Crippen molar-refractivity contribution in [2.75, 3.05) is 12.1 Å². The van der Waals surface area contributed by atoms with Crippen LogP contribution in [0.1, 0.15) is 5.76 Å². The van der Waals surface area contributed by atoms with Gasteiger partial charge in [0.1, 0.15) is 11.5 Å². The topological polar surface area (TPSA) is 43.6 Å². The van der Waals surface area contributed by atoms with Crippen molar-refractivity contribution in [2.45, 2.75) is 6.54 Å². The Bertz CT molecular complexity index is 827. The van der Waals surface area contributed by atoms with Gasteiger partial charge >= 0.3 is 0 Å². The third-order valence-corrected chi connectivity index (χ3v) is 3.88. The summed E-state index contributed by atoms with van der Waals surface area (Å²) >= 11 is 5.90. The zero-order chi connectivity index (χ0) is 15.6. The molecule has 0 radical (unpaired) electrons. The fourth-order valence-corrected chi connectivity index (χ4v) is 2.56. The first kappa shape index (κ1) is 14.0. The maximum atomic E-state index is 5.90. The molecule has 1 aromatic heterocycles. The van der Waals surface area contributed by atoms with Crippen LogP contribution in [-0.2, 0) is 6.54 Å². The first-order valence-corrected chi connectivity index (χ1v) is 7.64. The molecule has 3 aromatic rings. The number of nitrogens with one attached hydrogen (secondary N) is 1. The van der Waals surface area contributed by atoms with Crippen LogP contribution < -0.4 is 14.8 Å². The molecule has 0 amide bonds. The van der Waals surface area contributed by atoms with Gasteiger partial charge in [-0.15, -0.1) is 0 Å². The van der Waals surface area contributed by atoms with Crippen molar-refractivity contribution in [1.82, 2.24) is 0 Å². The lowest BCUT2D eigenvalue weighted by atomic mass is 10.2. The Morgan fingerprint density at radius 2 is 1.74 bits per heavy atom. The van der Waals surface area contributed by atoms with Crippen molar-refractivity contribution in [3.05, 3.63) is 65.4 Å². The highest BCUT2D eigenvalue weighted by atomic mass is 35.5. The molecule has 1 aliphatic heterocycles. The molecule has 2 heterocycles. The maximum absolute atomic E-state index is 5.90.